The maximum atomic E-state index is 13.4. The Morgan fingerprint density at radius 3 is 2.27 bits per heavy atom. The molecule has 0 N–H and O–H groups in total. The summed E-state index contributed by atoms with van der Waals surface area (Å²) in [6, 6.07) is 4.49. The minimum Gasteiger partial charge on any atom is -0.498 e. The molecule has 1 fully saturated rings. The molecule has 1 aliphatic heterocycles. The van der Waals surface area contributed by atoms with E-state index in [1.807, 2.05) is 0 Å². The van der Waals surface area contributed by atoms with Crippen LogP contribution in [0.3, 0.4) is 0 Å². The zero-order chi connectivity index (χ0) is 16.3. The number of halogens is 3. The van der Waals surface area contributed by atoms with E-state index in [2.05, 4.69) is 0 Å². The summed E-state index contributed by atoms with van der Waals surface area (Å²) in [6.07, 6.45) is -3.01. The van der Waals surface area contributed by atoms with Gasteiger partial charge in [0.05, 0.1) is 13.1 Å². The third-order valence-electron chi connectivity index (χ3n) is 3.09. The molecular formula is C13H13BF3NO4. The van der Waals surface area contributed by atoms with Crippen molar-refractivity contribution in [3.8, 4) is 0 Å². The lowest BCUT2D eigenvalue weighted by molar-refractivity contribution is -0.146. The molecule has 0 bridgehead atoms. The molecule has 0 spiro atoms. The Morgan fingerprint density at radius 1 is 1.18 bits per heavy atom. The van der Waals surface area contributed by atoms with Crippen LogP contribution >= 0.6 is 0 Å². The van der Waals surface area contributed by atoms with Gasteiger partial charge in [0.2, 0.25) is 6.43 Å². The Balaban J connectivity index is 2.30. The van der Waals surface area contributed by atoms with Crippen molar-refractivity contribution in [2.24, 2.45) is 0 Å². The molecule has 0 aromatic heterocycles. The van der Waals surface area contributed by atoms with Crippen molar-refractivity contribution in [1.82, 2.24) is 4.90 Å². The van der Waals surface area contributed by atoms with E-state index in [-0.39, 0.29) is 18.7 Å². The summed E-state index contributed by atoms with van der Waals surface area (Å²) in [7, 11) is -0.310. The van der Waals surface area contributed by atoms with Gasteiger partial charge in [0, 0.05) is 0 Å². The third kappa shape index (κ3) is 4.00. The first-order valence-electron chi connectivity index (χ1n) is 6.48. The number of likely N-dealkylation sites (N-methyl/N-ethyl adjacent to an activating group) is 1. The van der Waals surface area contributed by atoms with Gasteiger partial charge in [0.25, 0.3) is 0 Å². The van der Waals surface area contributed by atoms with E-state index in [4.69, 9.17) is 9.31 Å². The smallest absolute Gasteiger partial charge is 0.498 e. The van der Waals surface area contributed by atoms with Crippen molar-refractivity contribution in [3.63, 3.8) is 0 Å². The topological polar surface area (TPSA) is 55.8 Å². The number of alkyl halides is 2. The average Bonchev–Trinajstić information content (AvgIpc) is 2.36. The van der Waals surface area contributed by atoms with Crippen molar-refractivity contribution in [2.45, 2.75) is 12.2 Å². The number of hydrogen-bond donors (Lipinski definition) is 0. The molecule has 0 aliphatic carbocycles. The number of nitrogens with zero attached hydrogens (tertiary/aromatic N) is 1. The normalized spacial score (nSPS) is 18.5. The first-order valence-corrected chi connectivity index (χ1v) is 6.48. The van der Waals surface area contributed by atoms with Crippen LogP contribution in [0.1, 0.15) is 11.4 Å². The second kappa shape index (κ2) is 6.82. The minimum atomic E-state index is -3.01. The zero-order valence-electron chi connectivity index (χ0n) is 11.7. The van der Waals surface area contributed by atoms with Crippen molar-refractivity contribution in [2.75, 3.05) is 20.1 Å². The predicted molar refractivity (Wildman–Crippen MR) is 70.6 cm³/mol. The van der Waals surface area contributed by atoms with Crippen molar-refractivity contribution >= 4 is 19.1 Å². The standard InChI is InChI=1S/C13H13BF3NO4/c1-18-6-10(19)21-14(22-11(20)7-18)12(13(16)17)8-3-2-4-9(15)5-8/h2-5,12-13H,6-7H2,1H3. The fraction of sp³-hybridized carbons (Fsp3) is 0.385. The van der Waals surface area contributed by atoms with Crippen molar-refractivity contribution in [3.05, 3.63) is 35.6 Å². The molecule has 1 heterocycles. The summed E-state index contributed by atoms with van der Waals surface area (Å²) >= 11 is 0. The highest BCUT2D eigenvalue weighted by Gasteiger charge is 2.45. The Morgan fingerprint density at radius 2 is 1.77 bits per heavy atom. The van der Waals surface area contributed by atoms with Crippen LogP contribution in [-0.2, 0) is 18.9 Å². The Kier molecular flexibility index (Phi) is 5.07. The molecule has 1 aromatic carbocycles. The molecule has 118 valence electrons. The quantitative estimate of drug-likeness (QED) is 0.786. The SMILES string of the molecule is CN1CC(=O)OB(C(c2cccc(F)c2)C(F)F)OC(=O)C1. The zero-order valence-corrected chi connectivity index (χ0v) is 11.7. The summed E-state index contributed by atoms with van der Waals surface area (Å²) in [5.74, 6) is -4.08. The number of benzene rings is 1. The number of carbonyl (C=O) groups excluding carboxylic acids is 2. The van der Waals surface area contributed by atoms with Crippen molar-refractivity contribution in [1.29, 1.82) is 0 Å². The summed E-state index contributed by atoms with van der Waals surface area (Å²) in [5, 5.41) is 0. The maximum Gasteiger partial charge on any atom is 0.612 e. The number of carbonyl (C=O) groups is 2. The van der Waals surface area contributed by atoms with Crippen LogP contribution in [0.25, 0.3) is 0 Å². The van der Waals surface area contributed by atoms with E-state index in [0.29, 0.717) is 0 Å². The molecule has 9 heteroatoms. The average molecular weight is 315 g/mol. The van der Waals surface area contributed by atoms with Crippen LogP contribution in [-0.4, -0.2) is 50.5 Å². The van der Waals surface area contributed by atoms with Gasteiger partial charge in [0.15, 0.2) is 0 Å². The van der Waals surface area contributed by atoms with E-state index in [9.17, 15) is 22.8 Å². The fourth-order valence-corrected chi connectivity index (χ4v) is 2.14. The highest BCUT2D eigenvalue weighted by Crippen LogP contribution is 2.28. The van der Waals surface area contributed by atoms with Crippen LogP contribution < -0.4 is 0 Å². The largest absolute Gasteiger partial charge is 0.612 e. The highest BCUT2D eigenvalue weighted by molar-refractivity contribution is 6.51. The van der Waals surface area contributed by atoms with E-state index < -0.39 is 37.1 Å². The first kappa shape index (κ1) is 16.3. The van der Waals surface area contributed by atoms with E-state index in [1.165, 1.54) is 24.1 Å². The minimum absolute atomic E-state index is 0.116. The second-order valence-corrected chi connectivity index (χ2v) is 4.94. The number of rotatable bonds is 3. The fourth-order valence-electron chi connectivity index (χ4n) is 2.14. The Labute approximate surface area is 125 Å². The molecule has 5 nitrogen and oxygen atoms in total. The summed E-state index contributed by atoms with van der Waals surface area (Å²) in [4.78, 5) is 24.6. The molecule has 0 radical (unpaired) electrons. The molecule has 1 unspecified atom stereocenters. The van der Waals surface area contributed by atoms with Gasteiger partial charge in [-0.1, -0.05) is 12.1 Å². The summed E-state index contributed by atoms with van der Waals surface area (Å²) in [6.45, 7) is -0.463. The molecule has 1 aromatic rings. The lowest BCUT2D eigenvalue weighted by Gasteiger charge is -2.26. The molecule has 1 saturated heterocycles. The summed E-state index contributed by atoms with van der Waals surface area (Å²) < 4.78 is 49.6. The van der Waals surface area contributed by atoms with Gasteiger partial charge in [-0.05, 0) is 24.7 Å². The maximum absolute atomic E-state index is 13.4. The van der Waals surface area contributed by atoms with Gasteiger partial charge in [-0.3, -0.25) is 14.5 Å². The first-order chi connectivity index (χ1) is 10.4. The van der Waals surface area contributed by atoms with E-state index >= 15 is 0 Å². The molecule has 0 saturated carbocycles. The van der Waals surface area contributed by atoms with Crippen LogP contribution in [0.15, 0.2) is 24.3 Å². The van der Waals surface area contributed by atoms with Gasteiger partial charge in [-0.15, -0.1) is 0 Å². The van der Waals surface area contributed by atoms with Gasteiger partial charge in [-0.2, -0.15) is 0 Å². The molecular weight excluding hydrogens is 302 g/mol. The lowest BCUT2D eigenvalue weighted by Crippen LogP contribution is -2.46. The molecule has 0 amide bonds. The van der Waals surface area contributed by atoms with Gasteiger partial charge < -0.3 is 9.31 Å². The molecule has 22 heavy (non-hydrogen) atoms. The van der Waals surface area contributed by atoms with E-state index in [1.54, 1.807) is 0 Å². The van der Waals surface area contributed by atoms with Crippen LogP contribution in [0.4, 0.5) is 13.2 Å². The van der Waals surface area contributed by atoms with Crippen molar-refractivity contribution < 1.29 is 32.1 Å². The monoisotopic (exact) mass is 315 g/mol. The van der Waals surface area contributed by atoms with Crippen LogP contribution in [0, 0.1) is 5.82 Å². The summed E-state index contributed by atoms with van der Waals surface area (Å²) in [5.41, 5.74) is -0.116. The molecule has 1 atom stereocenters. The van der Waals surface area contributed by atoms with Crippen LogP contribution in [0.2, 0.25) is 0 Å². The van der Waals surface area contributed by atoms with Gasteiger partial charge in [-0.25, -0.2) is 13.2 Å². The van der Waals surface area contributed by atoms with E-state index in [0.717, 1.165) is 12.1 Å². The van der Waals surface area contributed by atoms with Crippen LogP contribution in [0.5, 0.6) is 0 Å². The Hall–Kier alpha value is -2.03. The lowest BCUT2D eigenvalue weighted by atomic mass is 9.67. The molecule has 2 rings (SSSR count). The number of hydrogen-bond acceptors (Lipinski definition) is 5. The third-order valence-corrected chi connectivity index (χ3v) is 3.09. The van der Waals surface area contributed by atoms with Gasteiger partial charge in [0.1, 0.15) is 11.6 Å². The molecule has 1 aliphatic rings. The van der Waals surface area contributed by atoms with Gasteiger partial charge >= 0.3 is 19.1 Å². The highest BCUT2D eigenvalue weighted by atomic mass is 19.3. The Bertz CT molecular complexity index is 552. The second-order valence-electron chi connectivity index (χ2n) is 4.94. The predicted octanol–water partition coefficient (Wildman–Crippen LogP) is 1.23.